The number of ether oxygens (including phenoxy) is 2. The highest BCUT2D eigenvalue weighted by molar-refractivity contribution is 6.04. The Labute approximate surface area is 325 Å². The fraction of sp³-hybridized carbons (Fsp3) is 0.478. The number of allylic oxidation sites excluding steroid dienone is 1. The van der Waals surface area contributed by atoms with Gasteiger partial charge < -0.3 is 14.5 Å². The van der Waals surface area contributed by atoms with Crippen LogP contribution in [-0.4, -0.2) is 68.0 Å². The largest absolute Gasteiger partial charge is 0.444 e. The molecular formula is C46H55N5O4. The Bertz CT molecular complexity index is 2150. The number of imidazole rings is 1. The molecule has 1 fully saturated rings. The van der Waals surface area contributed by atoms with Crippen molar-refractivity contribution in [1.29, 1.82) is 0 Å². The Hall–Kier alpha value is -4.92. The average Bonchev–Trinajstić information content (AvgIpc) is 3.95. The van der Waals surface area contributed by atoms with Crippen molar-refractivity contribution in [2.24, 2.45) is 10.4 Å². The molecule has 9 nitrogen and oxygen atoms in total. The zero-order chi connectivity index (χ0) is 38.9. The van der Waals surface area contributed by atoms with E-state index in [0.717, 1.165) is 53.2 Å². The standard InChI is InChI=1S/C46H55N5O4/c1-28-19-39(50(26-28)42(52)54-44(3,4)5)37-21-32(24-47-37)34-16-15-33(35-22-46(23-36(34)35)17-9-10-18-46)30-11-13-31(14-12-30)38-25-48-41(49-38)40-20-29(2)27-51(40)43(53)55-45(6,7)8/h11-16,19-20,24-25,39-40H,9-10,17-18,21-23,26-27H2,1-8H3,(H,48,49)/t39-,40-/m0/s1. The number of hydrogen-bond donors (Lipinski definition) is 1. The SMILES string of the molecule is CC1=C[C@@H](C2=NC=C(c3ccc(-c4ccc(-c5cnc([C@@H]6C=C(C)CN6C(=O)OC(C)(C)C)[nH]5)cc4)c4c3CC3(CCCC3)C4)C2)N(C(=O)OC(C)(C)C)C1. The predicted octanol–water partition coefficient (Wildman–Crippen LogP) is 10.4. The molecule has 1 spiro atoms. The number of carbonyl (C=O) groups excluding carboxylic acids is 2. The molecule has 4 heterocycles. The first-order valence-electron chi connectivity index (χ1n) is 20.0. The number of amides is 2. The first-order chi connectivity index (χ1) is 26.0. The van der Waals surface area contributed by atoms with Gasteiger partial charge in [-0.1, -0.05) is 72.5 Å². The van der Waals surface area contributed by atoms with Crippen LogP contribution in [-0.2, 0) is 22.3 Å². The van der Waals surface area contributed by atoms with Crippen LogP contribution < -0.4 is 0 Å². The summed E-state index contributed by atoms with van der Waals surface area (Å²) in [6.45, 7) is 16.6. The summed E-state index contributed by atoms with van der Waals surface area (Å²) in [7, 11) is 0. The van der Waals surface area contributed by atoms with Crippen molar-refractivity contribution in [3.05, 3.63) is 94.6 Å². The van der Waals surface area contributed by atoms with Crippen molar-refractivity contribution >= 4 is 23.5 Å². The van der Waals surface area contributed by atoms with E-state index < -0.39 is 11.2 Å². The molecule has 2 aromatic carbocycles. The van der Waals surface area contributed by atoms with Crippen molar-refractivity contribution < 1.29 is 19.1 Å². The predicted molar refractivity (Wildman–Crippen MR) is 218 cm³/mol. The third-order valence-corrected chi connectivity index (χ3v) is 11.7. The van der Waals surface area contributed by atoms with Crippen LogP contribution in [0.5, 0.6) is 0 Å². The van der Waals surface area contributed by atoms with E-state index in [0.29, 0.717) is 18.5 Å². The smallest absolute Gasteiger partial charge is 0.411 e. The molecule has 1 aromatic heterocycles. The van der Waals surface area contributed by atoms with E-state index in [1.54, 1.807) is 4.90 Å². The molecule has 2 atom stereocenters. The highest BCUT2D eigenvalue weighted by Crippen LogP contribution is 2.53. The number of aromatic nitrogens is 2. The van der Waals surface area contributed by atoms with Crippen molar-refractivity contribution in [3.63, 3.8) is 0 Å². The highest BCUT2D eigenvalue weighted by atomic mass is 16.6. The Morgan fingerprint density at radius 1 is 0.764 bits per heavy atom. The Balaban J connectivity index is 1.03. The average molecular weight is 742 g/mol. The van der Waals surface area contributed by atoms with E-state index >= 15 is 0 Å². The Morgan fingerprint density at radius 3 is 1.93 bits per heavy atom. The quantitative estimate of drug-likeness (QED) is 0.263. The van der Waals surface area contributed by atoms with Gasteiger partial charge in [-0.2, -0.15) is 0 Å². The normalized spacial score (nSPS) is 21.8. The molecule has 8 rings (SSSR count). The molecule has 0 unspecified atom stereocenters. The summed E-state index contributed by atoms with van der Waals surface area (Å²) in [5, 5.41) is 0. The van der Waals surface area contributed by atoms with Gasteiger partial charge in [0.15, 0.2) is 0 Å². The molecule has 3 aromatic rings. The topological polar surface area (TPSA) is 100 Å². The van der Waals surface area contributed by atoms with E-state index in [2.05, 4.69) is 60.5 Å². The molecule has 5 aliphatic rings. The number of nitrogens with zero attached hydrogens (tertiary/aromatic N) is 4. The first kappa shape index (κ1) is 37.0. The second-order valence-corrected chi connectivity index (χ2v) is 18.5. The lowest BCUT2D eigenvalue weighted by Gasteiger charge is -2.29. The third kappa shape index (κ3) is 7.42. The molecule has 2 amide bonds. The maximum Gasteiger partial charge on any atom is 0.411 e. The van der Waals surface area contributed by atoms with Crippen molar-refractivity contribution in [2.45, 2.75) is 124 Å². The molecule has 3 aliphatic heterocycles. The lowest BCUT2D eigenvalue weighted by molar-refractivity contribution is 0.0230. The molecule has 1 N–H and O–H groups in total. The molecule has 0 radical (unpaired) electrons. The molecule has 2 aliphatic carbocycles. The van der Waals surface area contributed by atoms with Gasteiger partial charge in [-0.25, -0.2) is 14.6 Å². The van der Waals surface area contributed by atoms with Crippen molar-refractivity contribution in [2.75, 3.05) is 13.1 Å². The minimum absolute atomic E-state index is 0.191. The summed E-state index contributed by atoms with van der Waals surface area (Å²) in [5.74, 6) is 0.724. The van der Waals surface area contributed by atoms with Gasteiger partial charge in [0.1, 0.15) is 23.1 Å². The monoisotopic (exact) mass is 741 g/mol. The van der Waals surface area contributed by atoms with E-state index in [1.807, 2.05) is 65.8 Å². The number of fused-ring (bicyclic) bond motifs is 1. The van der Waals surface area contributed by atoms with Crippen LogP contribution in [0.15, 0.2) is 77.1 Å². The van der Waals surface area contributed by atoms with Crippen molar-refractivity contribution in [3.8, 4) is 22.4 Å². The van der Waals surface area contributed by atoms with E-state index in [9.17, 15) is 9.59 Å². The van der Waals surface area contributed by atoms with Gasteiger partial charge in [0.2, 0.25) is 0 Å². The van der Waals surface area contributed by atoms with Gasteiger partial charge in [-0.15, -0.1) is 0 Å². The lowest BCUT2D eigenvalue weighted by Crippen LogP contribution is -2.43. The fourth-order valence-electron chi connectivity index (χ4n) is 9.27. The summed E-state index contributed by atoms with van der Waals surface area (Å²) in [6, 6.07) is 12.9. The highest BCUT2D eigenvalue weighted by Gasteiger charge is 2.43. The van der Waals surface area contributed by atoms with E-state index in [4.69, 9.17) is 19.5 Å². The third-order valence-electron chi connectivity index (χ3n) is 11.7. The van der Waals surface area contributed by atoms with Gasteiger partial charge in [0, 0.05) is 31.4 Å². The zero-order valence-electron chi connectivity index (χ0n) is 33.7. The molecule has 9 heteroatoms. The number of H-pyrrole nitrogens is 1. The minimum Gasteiger partial charge on any atom is -0.444 e. The minimum atomic E-state index is -0.572. The van der Waals surface area contributed by atoms with Gasteiger partial charge in [0.25, 0.3) is 0 Å². The van der Waals surface area contributed by atoms with Crippen LogP contribution in [0.1, 0.15) is 116 Å². The van der Waals surface area contributed by atoms with Gasteiger partial charge in [-0.3, -0.25) is 14.8 Å². The molecule has 288 valence electrons. The molecule has 55 heavy (non-hydrogen) atoms. The molecule has 0 bridgehead atoms. The van der Waals surface area contributed by atoms with Crippen LogP contribution >= 0.6 is 0 Å². The fourth-order valence-corrected chi connectivity index (χ4v) is 9.27. The number of hydrogen-bond acceptors (Lipinski definition) is 6. The summed E-state index contributed by atoms with van der Waals surface area (Å²) in [5.41, 5.74) is 12.4. The Morgan fingerprint density at radius 2 is 1.31 bits per heavy atom. The molecule has 0 saturated heterocycles. The summed E-state index contributed by atoms with van der Waals surface area (Å²) < 4.78 is 11.5. The number of aromatic amines is 1. The molecular weight excluding hydrogens is 687 g/mol. The van der Waals surface area contributed by atoms with Crippen LogP contribution in [0.3, 0.4) is 0 Å². The van der Waals surface area contributed by atoms with E-state index in [-0.39, 0.29) is 24.3 Å². The van der Waals surface area contributed by atoms with Gasteiger partial charge in [0.05, 0.1) is 17.9 Å². The zero-order valence-corrected chi connectivity index (χ0v) is 33.7. The maximum atomic E-state index is 13.2. The van der Waals surface area contributed by atoms with Gasteiger partial charge in [-0.05, 0) is 125 Å². The maximum absolute atomic E-state index is 13.2. The van der Waals surface area contributed by atoms with Crippen LogP contribution in [0.25, 0.3) is 28.0 Å². The summed E-state index contributed by atoms with van der Waals surface area (Å²) in [6.07, 6.45) is 15.6. The lowest BCUT2D eigenvalue weighted by atomic mass is 9.82. The summed E-state index contributed by atoms with van der Waals surface area (Å²) in [4.78, 5) is 43.0. The first-order valence-corrected chi connectivity index (χ1v) is 20.0. The van der Waals surface area contributed by atoms with E-state index in [1.165, 1.54) is 59.1 Å². The van der Waals surface area contributed by atoms with Crippen molar-refractivity contribution in [1.82, 2.24) is 19.8 Å². The second-order valence-electron chi connectivity index (χ2n) is 18.5. The summed E-state index contributed by atoms with van der Waals surface area (Å²) >= 11 is 0. The van der Waals surface area contributed by atoms with Gasteiger partial charge >= 0.3 is 12.2 Å². The molecule has 1 saturated carbocycles. The number of nitrogens with one attached hydrogen (secondary N) is 1. The van der Waals surface area contributed by atoms with Crippen LogP contribution in [0.4, 0.5) is 9.59 Å². The number of aliphatic imine (C=N–C) groups is 1. The number of carbonyl (C=O) groups is 2. The van der Waals surface area contributed by atoms with Crippen LogP contribution in [0, 0.1) is 5.41 Å². The second kappa shape index (κ2) is 13.7. The Kier molecular flexibility index (Phi) is 9.21. The number of benzene rings is 2. The van der Waals surface area contributed by atoms with Crippen LogP contribution in [0.2, 0.25) is 0 Å². The number of rotatable bonds is 5.